The first-order chi connectivity index (χ1) is 6.98. The van der Waals surface area contributed by atoms with Gasteiger partial charge >= 0.3 is 6.18 Å². The molecule has 80 valence electrons. The van der Waals surface area contributed by atoms with Crippen molar-refractivity contribution >= 4 is 11.3 Å². The van der Waals surface area contributed by atoms with Gasteiger partial charge in [0.25, 0.3) is 0 Å². The molecule has 0 fully saturated rings. The highest BCUT2D eigenvalue weighted by molar-refractivity contribution is 7.13. The van der Waals surface area contributed by atoms with Gasteiger partial charge in [0.15, 0.2) is 0 Å². The molecule has 8 heteroatoms. The number of nitrogens with zero attached hydrogens (tertiary/aromatic N) is 4. The summed E-state index contributed by atoms with van der Waals surface area (Å²) in [6.07, 6.45) is -1.41. The van der Waals surface area contributed by atoms with E-state index in [1.54, 1.807) is 6.92 Å². The third kappa shape index (κ3) is 1.84. The molecule has 0 aliphatic rings. The van der Waals surface area contributed by atoms with E-state index < -0.39 is 11.2 Å². The maximum atomic E-state index is 12.2. The zero-order chi connectivity index (χ0) is 11.1. The van der Waals surface area contributed by atoms with Crippen LogP contribution in [0.25, 0.3) is 5.13 Å². The van der Waals surface area contributed by atoms with Crippen LogP contribution in [-0.2, 0) is 6.18 Å². The lowest BCUT2D eigenvalue weighted by Gasteiger charge is -1.98. The minimum absolute atomic E-state index is 0.164. The van der Waals surface area contributed by atoms with Gasteiger partial charge in [-0.1, -0.05) is 11.3 Å². The fraction of sp³-hybridized carbons (Fsp3) is 0.286. The Kier molecular flexibility index (Phi) is 2.22. The van der Waals surface area contributed by atoms with Crippen LogP contribution in [0.3, 0.4) is 0 Å². The molecule has 2 aromatic heterocycles. The fourth-order valence-corrected chi connectivity index (χ4v) is 1.75. The second-order valence-corrected chi connectivity index (χ2v) is 3.69. The number of hydrogen-bond acceptors (Lipinski definition) is 4. The van der Waals surface area contributed by atoms with Crippen LogP contribution in [0.2, 0.25) is 0 Å². The van der Waals surface area contributed by atoms with Crippen molar-refractivity contribution in [3.05, 3.63) is 23.2 Å². The van der Waals surface area contributed by atoms with Crippen LogP contribution in [0.5, 0.6) is 0 Å². The predicted octanol–water partition coefficient (Wildman–Crippen LogP) is 2.05. The van der Waals surface area contributed by atoms with E-state index >= 15 is 0 Å². The largest absolute Gasteiger partial charge is 0.445 e. The Morgan fingerprint density at radius 3 is 2.53 bits per heavy atom. The molecule has 0 aromatic carbocycles. The fourth-order valence-electron chi connectivity index (χ4n) is 1.01. The zero-order valence-corrected chi connectivity index (χ0v) is 8.30. The van der Waals surface area contributed by atoms with E-state index in [2.05, 4.69) is 15.2 Å². The first-order valence-electron chi connectivity index (χ1n) is 3.89. The Bertz CT molecular complexity index is 473. The average Bonchev–Trinajstić information content (AvgIpc) is 2.69. The van der Waals surface area contributed by atoms with Gasteiger partial charge in [-0.3, -0.25) is 4.57 Å². The van der Waals surface area contributed by atoms with Crippen LogP contribution < -0.4 is 0 Å². The molecule has 15 heavy (non-hydrogen) atoms. The molecule has 0 saturated heterocycles. The molecule has 0 atom stereocenters. The number of aryl methyl sites for hydroxylation is 1. The first-order valence-corrected chi connectivity index (χ1v) is 4.71. The van der Waals surface area contributed by atoms with Crippen LogP contribution in [-0.4, -0.2) is 19.7 Å². The molecule has 0 aliphatic carbocycles. The van der Waals surface area contributed by atoms with Crippen molar-refractivity contribution < 1.29 is 13.2 Å². The number of rotatable bonds is 1. The monoisotopic (exact) mass is 234 g/mol. The lowest BCUT2D eigenvalue weighted by atomic mass is 10.7. The molecular formula is C7H5F3N4S. The molecule has 0 spiro atoms. The number of aromatic nitrogens is 4. The summed E-state index contributed by atoms with van der Waals surface area (Å²) >= 11 is 0.487. The van der Waals surface area contributed by atoms with Crippen LogP contribution in [0, 0.1) is 6.92 Å². The molecule has 0 N–H and O–H groups in total. The van der Waals surface area contributed by atoms with Gasteiger partial charge in [-0.25, -0.2) is 4.98 Å². The number of hydrogen-bond donors (Lipinski definition) is 0. The molecule has 0 saturated carbocycles. The third-order valence-corrected chi connectivity index (χ3v) is 2.66. The molecule has 0 radical (unpaired) electrons. The molecular weight excluding hydrogens is 229 g/mol. The van der Waals surface area contributed by atoms with E-state index in [1.165, 1.54) is 17.0 Å². The Labute approximate surface area is 86.4 Å². The van der Waals surface area contributed by atoms with Crippen molar-refractivity contribution in [3.63, 3.8) is 0 Å². The highest BCUT2D eigenvalue weighted by Crippen LogP contribution is 2.32. The second kappa shape index (κ2) is 3.30. The van der Waals surface area contributed by atoms with Gasteiger partial charge in [0.2, 0.25) is 10.1 Å². The summed E-state index contributed by atoms with van der Waals surface area (Å²) < 4.78 is 38.1. The van der Waals surface area contributed by atoms with Crippen molar-refractivity contribution in [1.82, 2.24) is 19.7 Å². The Balaban J connectivity index is 2.41. The van der Waals surface area contributed by atoms with E-state index in [4.69, 9.17) is 0 Å². The van der Waals surface area contributed by atoms with Gasteiger partial charge in [-0.15, -0.1) is 10.2 Å². The van der Waals surface area contributed by atoms with Gasteiger partial charge in [0, 0.05) is 12.4 Å². The van der Waals surface area contributed by atoms with Crippen LogP contribution in [0.1, 0.15) is 10.8 Å². The summed E-state index contributed by atoms with van der Waals surface area (Å²) in [6.45, 7) is 1.68. The average molecular weight is 234 g/mol. The molecule has 0 amide bonds. The maximum Gasteiger partial charge on any atom is 0.445 e. The zero-order valence-electron chi connectivity index (χ0n) is 7.49. The van der Waals surface area contributed by atoms with E-state index in [1.807, 2.05) is 0 Å². The van der Waals surface area contributed by atoms with Gasteiger partial charge in [-0.2, -0.15) is 13.2 Å². The van der Waals surface area contributed by atoms with Gasteiger partial charge in [0.1, 0.15) is 5.82 Å². The van der Waals surface area contributed by atoms with E-state index in [9.17, 15) is 13.2 Å². The van der Waals surface area contributed by atoms with E-state index in [-0.39, 0.29) is 5.13 Å². The lowest BCUT2D eigenvalue weighted by Crippen LogP contribution is -2.03. The molecule has 2 heterocycles. The number of alkyl halides is 3. The lowest BCUT2D eigenvalue weighted by molar-refractivity contribution is -0.138. The van der Waals surface area contributed by atoms with Crippen LogP contribution in [0.15, 0.2) is 12.4 Å². The molecule has 0 unspecified atom stereocenters. The standard InChI is InChI=1S/C7H5F3N4S/c1-4-11-2-3-14(4)6-13-12-5(15-6)7(8,9)10/h2-3H,1H3. The quantitative estimate of drug-likeness (QED) is 0.758. The summed E-state index contributed by atoms with van der Waals surface area (Å²) in [4.78, 5) is 3.89. The van der Waals surface area contributed by atoms with Crippen molar-refractivity contribution in [3.8, 4) is 5.13 Å². The van der Waals surface area contributed by atoms with Crippen molar-refractivity contribution in [1.29, 1.82) is 0 Å². The molecule has 2 rings (SSSR count). The topological polar surface area (TPSA) is 43.6 Å². The summed E-state index contributed by atoms with van der Waals surface area (Å²) in [7, 11) is 0. The minimum Gasteiger partial charge on any atom is -0.278 e. The number of imidazole rings is 1. The number of halogens is 3. The highest BCUT2D eigenvalue weighted by Gasteiger charge is 2.35. The predicted molar refractivity (Wildman–Crippen MR) is 46.8 cm³/mol. The van der Waals surface area contributed by atoms with Crippen molar-refractivity contribution in [2.45, 2.75) is 13.1 Å². The molecule has 2 aromatic rings. The second-order valence-electron chi connectivity index (χ2n) is 2.73. The smallest absolute Gasteiger partial charge is 0.278 e. The molecule has 4 nitrogen and oxygen atoms in total. The first kappa shape index (κ1) is 10.1. The van der Waals surface area contributed by atoms with E-state index in [0.717, 1.165) is 0 Å². The summed E-state index contributed by atoms with van der Waals surface area (Å²) in [6, 6.07) is 0. The van der Waals surface area contributed by atoms with Gasteiger partial charge in [0.05, 0.1) is 0 Å². The Hall–Kier alpha value is -1.44. The van der Waals surface area contributed by atoms with Gasteiger partial charge < -0.3 is 0 Å². The summed E-state index contributed by atoms with van der Waals surface area (Å²) in [5.74, 6) is 0.569. The minimum atomic E-state index is -4.44. The molecule has 0 aliphatic heterocycles. The maximum absolute atomic E-state index is 12.2. The van der Waals surface area contributed by atoms with Crippen molar-refractivity contribution in [2.75, 3.05) is 0 Å². The molecule has 0 bridgehead atoms. The highest BCUT2D eigenvalue weighted by atomic mass is 32.1. The normalized spacial score (nSPS) is 12.0. The Morgan fingerprint density at radius 1 is 1.33 bits per heavy atom. The summed E-state index contributed by atoms with van der Waals surface area (Å²) in [5.41, 5.74) is 0. The Morgan fingerprint density at radius 2 is 2.07 bits per heavy atom. The summed E-state index contributed by atoms with van der Waals surface area (Å²) in [5, 5.41) is 5.75. The van der Waals surface area contributed by atoms with Crippen LogP contribution in [0.4, 0.5) is 13.2 Å². The SMILES string of the molecule is Cc1nccn1-c1nnc(C(F)(F)F)s1. The van der Waals surface area contributed by atoms with Gasteiger partial charge in [-0.05, 0) is 6.92 Å². The third-order valence-electron chi connectivity index (χ3n) is 1.69. The van der Waals surface area contributed by atoms with Crippen molar-refractivity contribution in [2.24, 2.45) is 0 Å². The van der Waals surface area contributed by atoms with E-state index in [0.29, 0.717) is 17.2 Å². The van der Waals surface area contributed by atoms with Crippen LogP contribution >= 0.6 is 11.3 Å².